The van der Waals surface area contributed by atoms with Gasteiger partial charge in [-0.3, -0.25) is 14.5 Å². The summed E-state index contributed by atoms with van der Waals surface area (Å²) in [6.45, 7) is 6.63. The summed E-state index contributed by atoms with van der Waals surface area (Å²) in [5.74, 6) is -2.38. The lowest BCUT2D eigenvalue weighted by atomic mass is 10.1. The molecule has 3 aliphatic heterocycles. The van der Waals surface area contributed by atoms with E-state index in [1.165, 1.54) is 0 Å². The Morgan fingerprint density at radius 3 is 1.76 bits per heavy atom. The molecule has 4 atom stereocenters. The number of quaternary nitrogens is 1. The van der Waals surface area contributed by atoms with Gasteiger partial charge in [-0.25, -0.2) is 23.7 Å². The Labute approximate surface area is 318 Å². The van der Waals surface area contributed by atoms with Crippen molar-refractivity contribution in [2.45, 2.75) is 71.4 Å². The van der Waals surface area contributed by atoms with Gasteiger partial charge in [0.1, 0.15) is 18.9 Å². The van der Waals surface area contributed by atoms with E-state index in [4.69, 9.17) is 14.3 Å². The molecule has 3 fully saturated rings. The van der Waals surface area contributed by atoms with E-state index in [1.807, 2.05) is 36.4 Å². The Morgan fingerprint density at radius 2 is 1.30 bits per heavy atom. The van der Waals surface area contributed by atoms with Gasteiger partial charge in [-0.1, -0.05) is 92.5 Å². The van der Waals surface area contributed by atoms with Crippen molar-refractivity contribution in [1.29, 1.82) is 0 Å². The fourth-order valence-corrected chi connectivity index (χ4v) is 8.23. The molecule has 0 radical (unpaired) electrons. The van der Waals surface area contributed by atoms with Crippen LogP contribution in [0.1, 0.15) is 38.8 Å². The number of nitrogens with zero attached hydrogens (tertiary/aromatic N) is 4. The molecule has 0 N–H and O–H groups in total. The maximum Gasteiger partial charge on any atom is 0.372 e. The molecule has 3 aliphatic rings. The van der Waals surface area contributed by atoms with Gasteiger partial charge in [-0.15, -0.1) is 20.2 Å². The molecule has 50 heavy (non-hydrogen) atoms. The lowest BCUT2D eigenvalue weighted by molar-refractivity contribution is -0.927. The Balaban J connectivity index is 0.000000225. The summed E-state index contributed by atoms with van der Waals surface area (Å²) >= 11 is 12.3. The number of β-lactam (4-membered cyclic amide) rings is 2. The van der Waals surface area contributed by atoms with E-state index >= 15 is 0 Å². The van der Waals surface area contributed by atoms with Crippen LogP contribution in [0.3, 0.4) is 0 Å². The summed E-state index contributed by atoms with van der Waals surface area (Å²) in [6.07, 6.45) is -2.52. The number of likely N-dealkylation sites (tertiary alicyclic amines) is 1. The average Bonchev–Trinajstić information content (AvgIpc) is 3.60. The van der Waals surface area contributed by atoms with Crippen LogP contribution in [0, 0.1) is 20.2 Å². The molecule has 0 aromatic heterocycles. The average molecular weight is 957 g/mol. The van der Waals surface area contributed by atoms with Crippen LogP contribution >= 0.6 is 63.7 Å². The summed E-state index contributed by atoms with van der Waals surface area (Å²) in [7, 11) is 0. The van der Waals surface area contributed by atoms with Crippen LogP contribution in [0.25, 0.3) is 0 Å². The molecule has 1 spiro atoms. The van der Waals surface area contributed by atoms with Crippen LogP contribution in [0.4, 0.5) is 0 Å². The SMILES string of the molecule is CC(C)=C(C(=O)OCc1ccccc1)N1C(=O)C(Br)(Br)C1O[N+](=O)[O-].CC1(C)C(C(=O)OCc2ccccc2)[N+]12C(=O)C(Br)(Br)C2O[N+](=O)[O-]. The molecule has 2 aromatic rings. The highest BCUT2D eigenvalue weighted by molar-refractivity contribution is 9.26. The summed E-state index contributed by atoms with van der Waals surface area (Å²) < 4.78 is 7.20. The van der Waals surface area contributed by atoms with E-state index in [2.05, 4.69) is 68.6 Å². The number of alkyl halides is 4. The second kappa shape index (κ2) is 14.6. The van der Waals surface area contributed by atoms with Gasteiger partial charge in [0.2, 0.25) is 9.46 Å². The van der Waals surface area contributed by atoms with Crippen LogP contribution in [0.5, 0.6) is 0 Å². The third kappa shape index (κ3) is 7.04. The third-order valence-electron chi connectivity index (χ3n) is 8.25. The first kappa shape index (κ1) is 39.3. The Bertz CT molecular complexity index is 1740. The minimum absolute atomic E-state index is 0.00696. The van der Waals surface area contributed by atoms with Crippen molar-refractivity contribution in [2.24, 2.45) is 0 Å². The van der Waals surface area contributed by atoms with E-state index in [0.29, 0.717) is 5.57 Å². The zero-order chi connectivity index (χ0) is 37.4. The van der Waals surface area contributed by atoms with Gasteiger partial charge < -0.3 is 9.47 Å². The summed E-state index contributed by atoms with van der Waals surface area (Å²) in [5.41, 5.74) is 1.08. The largest absolute Gasteiger partial charge is 0.456 e. The number of carbonyl (C=O) groups is 4. The molecule has 3 saturated heterocycles. The summed E-state index contributed by atoms with van der Waals surface area (Å²) in [5, 5.41) is 19.5. The zero-order valence-electron chi connectivity index (χ0n) is 26.6. The van der Waals surface area contributed by atoms with Gasteiger partial charge in [0.15, 0.2) is 5.54 Å². The Morgan fingerprint density at radius 1 is 0.820 bits per heavy atom. The maximum absolute atomic E-state index is 12.6. The van der Waals surface area contributed by atoms with E-state index < -0.39 is 68.9 Å². The van der Waals surface area contributed by atoms with Crippen molar-refractivity contribution in [3.63, 3.8) is 0 Å². The van der Waals surface area contributed by atoms with Crippen LogP contribution in [-0.2, 0) is 51.5 Å². The van der Waals surface area contributed by atoms with Gasteiger partial charge in [-0.2, -0.15) is 0 Å². The van der Waals surface area contributed by atoms with Crippen molar-refractivity contribution in [3.05, 3.63) is 103 Å². The standard InChI is InChI=1S/C15H15Br2N2O6.C15H14Br2N2O6/c1-14(2)10(11(20)24-8-9-6-4-3-5-7-9)19(14)12(21)15(16,17)13(19)25-18(22)23;1-9(2)11(12(20)24-8-10-6-4-3-5-7-10)18-13(21)15(16,17)14(18)25-19(22)23/h3-7,10,13H,8H2,1-2H3;3-7,14H,8H2,1-2H3/q+1;. The molecule has 20 heteroatoms. The lowest BCUT2D eigenvalue weighted by Gasteiger charge is -2.48. The van der Waals surface area contributed by atoms with E-state index in [9.17, 15) is 39.4 Å². The van der Waals surface area contributed by atoms with Gasteiger partial charge >= 0.3 is 22.9 Å². The smallest absolute Gasteiger partial charge is 0.372 e. The predicted octanol–water partition coefficient (Wildman–Crippen LogP) is 5.15. The first-order valence-corrected chi connectivity index (χ1v) is 17.6. The normalized spacial score (nSPS) is 24.6. The first-order chi connectivity index (χ1) is 23.2. The number of hydrogen-bond acceptors (Lipinski definition) is 12. The van der Waals surface area contributed by atoms with Gasteiger partial charge in [-0.05, 0) is 76.3 Å². The minimum atomic E-state index is -1.48. The Hall–Kier alpha value is -3.46. The maximum atomic E-state index is 12.6. The number of allylic oxidation sites excluding steroid dienone is 1. The van der Waals surface area contributed by atoms with Gasteiger partial charge in [0, 0.05) is 0 Å². The van der Waals surface area contributed by atoms with Crippen LogP contribution in [-0.4, -0.2) is 73.8 Å². The highest BCUT2D eigenvalue weighted by Gasteiger charge is 2.96. The van der Waals surface area contributed by atoms with Crippen molar-refractivity contribution in [2.75, 3.05) is 0 Å². The highest BCUT2D eigenvalue weighted by Crippen LogP contribution is 2.67. The number of esters is 2. The molecular weight excluding hydrogens is 928 g/mol. The zero-order valence-corrected chi connectivity index (χ0v) is 33.0. The predicted molar refractivity (Wildman–Crippen MR) is 186 cm³/mol. The van der Waals surface area contributed by atoms with Gasteiger partial charge in [0.05, 0.1) is 0 Å². The molecule has 0 aliphatic carbocycles. The fraction of sp³-hybridized carbons (Fsp3) is 0.400. The van der Waals surface area contributed by atoms with Gasteiger partial charge in [0.25, 0.3) is 26.5 Å². The van der Waals surface area contributed by atoms with E-state index in [-0.39, 0.29) is 18.9 Å². The van der Waals surface area contributed by atoms with Crippen molar-refractivity contribution in [3.8, 4) is 0 Å². The lowest BCUT2D eigenvalue weighted by Crippen LogP contribution is -2.74. The number of benzene rings is 2. The van der Waals surface area contributed by atoms with Crippen LogP contribution in [0.2, 0.25) is 0 Å². The molecule has 0 saturated carbocycles. The monoisotopic (exact) mass is 953 g/mol. The van der Waals surface area contributed by atoms with Crippen molar-refractivity contribution in [1.82, 2.24) is 4.90 Å². The molecule has 0 bridgehead atoms. The highest BCUT2D eigenvalue weighted by atomic mass is 79.9. The number of amides is 2. The molecule has 5 rings (SSSR count). The summed E-state index contributed by atoms with van der Waals surface area (Å²) in [6, 6.07) is 17.2. The summed E-state index contributed by atoms with van der Waals surface area (Å²) in [4.78, 5) is 81.5. The second-order valence-corrected chi connectivity index (χ2v) is 19.1. The molecule has 2 amide bonds. The number of rotatable bonds is 11. The van der Waals surface area contributed by atoms with Crippen molar-refractivity contribution >= 4 is 87.5 Å². The number of carbonyl (C=O) groups excluding carboxylic acids is 4. The molecule has 4 unspecified atom stereocenters. The molecular formula is C30H29Br4N4O12+. The minimum Gasteiger partial charge on any atom is -0.456 e. The fourth-order valence-electron chi connectivity index (χ4n) is 5.87. The van der Waals surface area contributed by atoms with Crippen LogP contribution in [0.15, 0.2) is 71.9 Å². The molecule has 2 aromatic carbocycles. The number of halogens is 4. The molecule has 16 nitrogen and oxygen atoms in total. The topological polar surface area (TPSA) is 195 Å². The van der Waals surface area contributed by atoms with E-state index in [0.717, 1.165) is 16.0 Å². The van der Waals surface area contributed by atoms with Crippen molar-refractivity contribution < 1.29 is 53.0 Å². The second-order valence-electron chi connectivity index (χ2n) is 11.9. The molecule has 268 valence electrons. The third-order valence-corrected chi connectivity index (χ3v) is 11.2. The number of ether oxygens (including phenoxy) is 2. The number of hydrogen-bond donors (Lipinski definition) is 0. The Kier molecular flexibility index (Phi) is 11.5. The molecule has 3 heterocycles. The first-order valence-electron chi connectivity index (χ1n) is 14.5. The van der Waals surface area contributed by atoms with Crippen LogP contribution < -0.4 is 0 Å². The quantitative estimate of drug-likeness (QED) is 0.0421. The van der Waals surface area contributed by atoms with E-state index in [1.54, 1.807) is 52.0 Å².